The first-order valence-electron chi connectivity index (χ1n) is 6.22. The molecule has 2 nitrogen and oxygen atoms in total. The highest BCUT2D eigenvalue weighted by Crippen LogP contribution is 2.24. The van der Waals surface area contributed by atoms with Crippen molar-refractivity contribution in [3.05, 3.63) is 66.1 Å². The standard InChI is InChI=1S/C16H12FNOS/c17-13-6-2-4-8-16(13)20-10-15(19)12-9-18-14-7-3-1-5-11(12)14/h1-9,18H,10H2. The number of benzene rings is 2. The molecule has 2 aromatic carbocycles. The maximum absolute atomic E-state index is 13.5. The predicted molar refractivity (Wildman–Crippen MR) is 79.8 cm³/mol. The number of aromatic amines is 1. The van der Waals surface area contributed by atoms with E-state index in [0.717, 1.165) is 10.9 Å². The average molecular weight is 285 g/mol. The number of thioether (sulfide) groups is 1. The van der Waals surface area contributed by atoms with Crippen LogP contribution in [0.25, 0.3) is 10.9 Å². The highest BCUT2D eigenvalue weighted by Gasteiger charge is 2.13. The topological polar surface area (TPSA) is 32.9 Å². The molecule has 0 atom stereocenters. The Morgan fingerprint density at radius 1 is 1.10 bits per heavy atom. The number of carbonyl (C=O) groups excluding carboxylic acids is 1. The quantitative estimate of drug-likeness (QED) is 0.573. The number of para-hydroxylation sites is 1. The summed E-state index contributed by atoms with van der Waals surface area (Å²) in [6, 6.07) is 14.1. The summed E-state index contributed by atoms with van der Waals surface area (Å²) in [5.74, 6) is -0.0668. The first kappa shape index (κ1) is 12.9. The number of ketones is 1. The number of H-pyrrole nitrogens is 1. The first-order valence-corrected chi connectivity index (χ1v) is 7.21. The van der Waals surface area contributed by atoms with E-state index in [1.165, 1.54) is 17.8 Å². The van der Waals surface area contributed by atoms with Crippen molar-refractivity contribution in [1.29, 1.82) is 0 Å². The number of rotatable bonds is 4. The molecule has 0 aliphatic rings. The SMILES string of the molecule is O=C(CSc1ccccc1F)c1c[nH]c2ccccc12. The number of nitrogens with one attached hydrogen (secondary N) is 1. The van der Waals surface area contributed by atoms with Gasteiger partial charge in [-0.05, 0) is 18.2 Å². The van der Waals surface area contributed by atoms with Crippen molar-refractivity contribution in [2.24, 2.45) is 0 Å². The van der Waals surface area contributed by atoms with Crippen molar-refractivity contribution in [3.8, 4) is 0 Å². The second kappa shape index (κ2) is 5.51. The zero-order chi connectivity index (χ0) is 13.9. The lowest BCUT2D eigenvalue weighted by atomic mass is 10.1. The van der Waals surface area contributed by atoms with E-state index in [0.29, 0.717) is 10.5 Å². The van der Waals surface area contributed by atoms with E-state index in [2.05, 4.69) is 4.98 Å². The smallest absolute Gasteiger partial charge is 0.175 e. The minimum absolute atomic E-state index is 0.00398. The van der Waals surface area contributed by atoms with Crippen LogP contribution < -0.4 is 0 Å². The number of Topliss-reactive ketones (excluding diaryl/α,β-unsaturated/α-hetero) is 1. The Bertz CT molecular complexity index is 766. The molecule has 0 saturated heterocycles. The van der Waals surface area contributed by atoms with Crippen LogP contribution in [-0.4, -0.2) is 16.5 Å². The van der Waals surface area contributed by atoms with Crippen LogP contribution in [0.4, 0.5) is 4.39 Å². The largest absolute Gasteiger partial charge is 0.360 e. The zero-order valence-corrected chi connectivity index (χ0v) is 11.4. The third-order valence-electron chi connectivity index (χ3n) is 3.09. The van der Waals surface area contributed by atoms with E-state index in [9.17, 15) is 9.18 Å². The van der Waals surface area contributed by atoms with Crippen molar-refractivity contribution in [3.63, 3.8) is 0 Å². The fraction of sp³-hybridized carbons (Fsp3) is 0.0625. The summed E-state index contributed by atoms with van der Waals surface area (Å²) >= 11 is 1.22. The molecular weight excluding hydrogens is 273 g/mol. The molecule has 0 aliphatic heterocycles. The van der Waals surface area contributed by atoms with E-state index < -0.39 is 0 Å². The number of carbonyl (C=O) groups is 1. The Labute approximate surface area is 120 Å². The summed E-state index contributed by atoms with van der Waals surface area (Å²) in [6.07, 6.45) is 1.72. The minimum atomic E-state index is -0.288. The summed E-state index contributed by atoms with van der Waals surface area (Å²) in [7, 11) is 0. The summed E-state index contributed by atoms with van der Waals surface area (Å²) in [6.45, 7) is 0. The van der Waals surface area contributed by atoms with Gasteiger partial charge in [-0.2, -0.15) is 0 Å². The van der Waals surface area contributed by atoms with Crippen LogP contribution in [0.2, 0.25) is 0 Å². The molecule has 20 heavy (non-hydrogen) atoms. The molecule has 1 aromatic heterocycles. The first-order chi connectivity index (χ1) is 9.75. The van der Waals surface area contributed by atoms with Crippen LogP contribution in [0.5, 0.6) is 0 Å². The molecule has 0 radical (unpaired) electrons. The van der Waals surface area contributed by atoms with Crippen LogP contribution in [0, 0.1) is 5.82 Å². The van der Waals surface area contributed by atoms with Gasteiger partial charge < -0.3 is 4.98 Å². The molecule has 0 aliphatic carbocycles. The molecule has 1 N–H and O–H groups in total. The molecule has 0 spiro atoms. The van der Waals surface area contributed by atoms with E-state index in [1.54, 1.807) is 24.4 Å². The Kier molecular flexibility index (Phi) is 3.56. The Morgan fingerprint density at radius 3 is 2.70 bits per heavy atom. The van der Waals surface area contributed by atoms with Crippen molar-refractivity contribution in [2.45, 2.75) is 4.90 Å². The third-order valence-corrected chi connectivity index (χ3v) is 4.13. The van der Waals surface area contributed by atoms with Crippen LogP contribution in [0.15, 0.2) is 59.6 Å². The van der Waals surface area contributed by atoms with Gasteiger partial charge in [0.25, 0.3) is 0 Å². The maximum Gasteiger partial charge on any atom is 0.175 e. The van der Waals surface area contributed by atoms with Gasteiger partial charge in [0, 0.05) is 27.6 Å². The summed E-state index contributed by atoms with van der Waals surface area (Å²) in [5.41, 5.74) is 1.59. The third kappa shape index (κ3) is 2.47. The molecule has 4 heteroatoms. The Morgan fingerprint density at radius 2 is 1.85 bits per heavy atom. The van der Waals surface area contributed by atoms with Gasteiger partial charge in [-0.3, -0.25) is 4.79 Å². The Hall–Kier alpha value is -2.07. The molecular formula is C16H12FNOS. The molecule has 1 heterocycles. The summed E-state index contributed by atoms with van der Waals surface area (Å²) in [5, 5.41) is 0.909. The van der Waals surface area contributed by atoms with Gasteiger partial charge in [-0.25, -0.2) is 4.39 Å². The molecule has 0 fully saturated rings. The van der Waals surface area contributed by atoms with Crippen LogP contribution in [-0.2, 0) is 0 Å². The van der Waals surface area contributed by atoms with Gasteiger partial charge in [-0.1, -0.05) is 30.3 Å². The van der Waals surface area contributed by atoms with Gasteiger partial charge >= 0.3 is 0 Å². The fourth-order valence-corrected chi connectivity index (χ4v) is 2.91. The van der Waals surface area contributed by atoms with Crippen molar-refractivity contribution in [1.82, 2.24) is 4.98 Å². The number of hydrogen-bond donors (Lipinski definition) is 1. The van der Waals surface area contributed by atoms with E-state index >= 15 is 0 Å². The normalized spacial score (nSPS) is 10.8. The molecule has 100 valence electrons. The van der Waals surface area contributed by atoms with Crippen molar-refractivity contribution < 1.29 is 9.18 Å². The lowest BCUT2D eigenvalue weighted by molar-refractivity contribution is 0.102. The van der Waals surface area contributed by atoms with Crippen LogP contribution in [0.1, 0.15) is 10.4 Å². The summed E-state index contributed by atoms with van der Waals surface area (Å²) < 4.78 is 13.5. The number of hydrogen-bond acceptors (Lipinski definition) is 2. The maximum atomic E-state index is 13.5. The second-order valence-electron chi connectivity index (χ2n) is 4.39. The zero-order valence-electron chi connectivity index (χ0n) is 10.6. The van der Waals surface area contributed by atoms with Gasteiger partial charge in [0.05, 0.1) is 5.75 Å². The van der Waals surface area contributed by atoms with Gasteiger partial charge in [-0.15, -0.1) is 11.8 Å². The predicted octanol–water partition coefficient (Wildman–Crippen LogP) is 4.28. The van der Waals surface area contributed by atoms with Crippen LogP contribution in [0.3, 0.4) is 0 Å². The Balaban J connectivity index is 1.79. The van der Waals surface area contributed by atoms with Gasteiger partial charge in [0.15, 0.2) is 5.78 Å². The van der Waals surface area contributed by atoms with Gasteiger partial charge in [0.2, 0.25) is 0 Å². The number of halogens is 1. The lowest BCUT2D eigenvalue weighted by Crippen LogP contribution is -2.01. The van der Waals surface area contributed by atoms with E-state index in [-0.39, 0.29) is 17.4 Å². The molecule has 0 saturated carbocycles. The molecule has 3 rings (SSSR count). The number of fused-ring (bicyclic) bond motifs is 1. The fourth-order valence-electron chi connectivity index (χ4n) is 2.09. The van der Waals surface area contributed by atoms with E-state index in [4.69, 9.17) is 0 Å². The number of aromatic nitrogens is 1. The van der Waals surface area contributed by atoms with Gasteiger partial charge in [0.1, 0.15) is 5.82 Å². The minimum Gasteiger partial charge on any atom is -0.360 e. The second-order valence-corrected chi connectivity index (χ2v) is 5.41. The van der Waals surface area contributed by atoms with Crippen molar-refractivity contribution in [2.75, 3.05) is 5.75 Å². The highest BCUT2D eigenvalue weighted by atomic mass is 32.2. The molecule has 0 amide bonds. The molecule has 3 aromatic rings. The molecule has 0 bridgehead atoms. The average Bonchev–Trinajstić information content (AvgIpc) is 2.90. The van der Waals surface area contributed by atoms with Crippen molar-refractivity contribution >= 4 is 28.4 Å². The summed E-state index contributed by atoms with van der Waals surface area (Å²) in [4.78, 5) is 15.8. The monoisotopic (exact) mass is 285 g/mol. The van der Waals surface area contributed by atoms with E-state index in [1.807, 2.05) is 24.3 Å². The van der Waals surface area contributed by atoms with Crippen LogP contribution >= 0.6 is 11.8 Å². The molecule has 0 unspecified atom stereocenters. The highest BCUT2D eigenvalue weighted by molar-refractivity contribution is 8.00. The lowest BCUT2D eigenvalue weighted by Gasteiger charge is -2.02.